The first kappa shape index (κ1) is 11.1. The van der Waals surface area contributed by atoms with Gasteiger partial charge in [0.25, 0.3) is 0 Å². The van der Waals surface area contributed by atoms with Gasteiger partial charge in [0.1, 0.15) is 5.69 Å². The lowest BCUT2D eigenvalue weighted by molar-refractivity contribution is 0.943. The molecule has 0 aliphatic rings. The van der Waals surface area contributed by atoms with Crippen LogP contribution in [0.4, 0.5) is 0 Å². The van der Waals surface area contributed by atoms with Crippen molar-refractivity contribution < 1.29 is 0 Å². The number of hydrogen-bond donors (Lipinski definition) is 0. The fourth-order valence-corrected chi connectivity index (χ4v) is 3.37. The van der Waals surface area contributed by atoms with E-state index in [1.165, 1.54) is 11.3 Å². The lowest BCUT2D eigenvalue weighted by Crippen LogP contribution is -1.92. The van der Waals surface area contributed by atoms with Gasteiger partial charge in [0.15, 0.2) is 9.74 Å². The Hall–Kier alpha value is -1.73. The summed E-state index contributed by atoms with van der Waals surface area (Å²) in [6.45, 7) is 0. The van der Waals surface area contributed by atoms with Crippen molar-refractivity contribution in [2.75, 3.05) is 0 Å². The number of hydrogen-bond acceptors (Lipinski definition) is 4. The van der Waals surface area contributed by atoms with Gasteiger partial charge in [-0.15, -0.1) is 5.10 Å². The van der Waals surface area contributed by atoms with Crippen LogP contribution in [-0.4, -0.2) is 24.1 Å². The van der Waals surface area contributed by atoms with Crippen molar-refractivity contribution in [1.82, 2.24) is 24.1 Å². The molecule has 4 rings (SSSR count). The van der Waals surface area contributed by atoms with E-state index in [0.29, 0.717) is 0 Å². The minimum Gasteiger partial charge on any atom is -0.326 e. The van der Waals surface area contributed by atoms with Gasteiger partial charge in [0, 0.05) is 7.05 Å². The van der Waals surface area contributed by atoms with Gasteiger partial charge >= 0.3 is 0 Å². The molecule has 0 aliphatic carbocycles. The third-order valence-electron chi connectivity index (χ3n) is 3.03. The van der Waals surface area contributed by atoms with E-state index < -0.39 is 0 Å². The predicted octanol–water partition coefficient (Wildman–Crippen LogP) is 3.11. The van der Waals surface area contributed by atoms with E-state index in [1.807, 2.05) is 31.4 Å². The number of nitrogens with zero attached hydrogens (tertiary/aromatic N) is 5. The van der Waals surface area contributed by atoms with Gasteiger partial charge < -0.3 is 4.57 Å². The first-order valence-corrected chi connectivity index (χ1v) is 7.27. The van der Waals surface area contributed by atoms with Crippen molar-refractivity contribution >= 4 is 43.3 Å². The van der Waals surface area contributed by atoms with Crippen LogP contribution in [0.5, 0.6) is 0 Å². The lowest BCUT2D eigenvalue weighted by Gasteiger charge is -1.97. The van der Waals surface area contributed by atoms with Crippen LogP contribution in [0, 0.1) is 0 Å². The number of imidazole rings is 2. The standard InChI is InChI=1S/C12H8BrN5S/c1-17-9-5-3-2-4-7(9)14-10(17)8-6-18-12(15-8)19-11(13)16-18/h2-6H,1H3. The highest BCUT2D eigenvalue weighted by Crippen LogP contribution is 2.26. The maximum Gasteiger partial charge on any atom is 0.213 e. The Morgan fingerprint density at radius 1 is 1.21 bits per heavy atom. The molecule has 0 radical (unpaired) electrons. The maximum atomic E-state index is 4.63. The number of aromatic nitrogens is 5. The average Bonchev–Trinajstić information content (AvgIpc) is 3.01. The quantitative estimate of drug-likeness (QED) is 0.537. The molecule has 94 valence electrons. The first-order valence-electron chi connectivity index (χ1n) is 5.66. The van der Waals surface area contributed by atoms with Gasteiger partial charge in [-0.05, 0) is 28.1 Å². The van der Waals surface area contributed by atoms with Crippen molar-refractivity contribution in [3.8, 4) is 11.5 Å². The van der Waals surface area contributed by atoms with E-state index in [-0.39, 0.29) is 0 Å². The van der Waals surface area contributed by atoms with Crippen LogP contribution in [0.25, 0.3) is 27.5 Å². The highest BCUT2D eigenvalue weighted by molar-refractivity contribution is 9.11. The van der Waals surface area contributed by atoms with Crippen LogP contribution in [-0.2, 0) is 7.05 Å². The van der Waals surface area contributed by atoms with Crippen LogP contribution in [0.3, 0.4) is 0 Å². The molecule has 0 bridgehead atoms. The molecule has 0 saturated heterocycles. The van der Waals surface area contributed by atoms with Crippen molar-refractivity contribution in [3.05, 3.63) is 34.4 Å². The molecule has 0 unspecified atom stereocenters. The van der Waals surface area contributed by atoms with E-state index in [9.17, 15) is 0 Å². The Bertz CT molecular complexity index is 872. The summed E-state index contributed by atoms with van der Waals surface area (Å²) in [5, 5.41) is 4.30. The summed E-state index contributed by atoms with van der Waals surface area (Å²) in [6, 6.07) is 8.06. The summed E-state index contributed by atoms with van der Waals surface area (Å²) in [4.78, 5) is 10.1. The molecule has 5 nitrogen and oxygen atoms in total. The number of aryl methyl sites for hydroxylation is 1. The molecule has 0 saturated carbocycles. The highest BCUT2D eigenvalue weighted by atomic mass is 79.9. The molecule has 4 aromatic rings. The number of benzene rings is 1. The third-order valence-corrected chi connectivity index (χ3v) is 4.39. The summed E-state index contributed by atoms with van der Waals surface area (Å²) in [7, 11) is 2.00. The zero-order chi connectivity index (χ0) is 13.0. The van der Waals surface area contributed by atoms with Crippen molar-refractivity contribution in [2.45, 2.75) is 0 Å². The van der Waals surface area contributed by atoms with E-state index in [4.69, 9.17) is 0 Å². The second-order valence-corrected chi connectivity index (χ2v) is 6.42. The fraction of sp³-hybridized carbons (Fsp3) is 0.0833. The van der Waals surface area contributed by atoms with Gasteiger partial charge in [-0.1, -0.05) is 23.5 Å². The Balaban J connectivity index is 1.97. The Labute approximate surface area is 120 Å². The van der Waals surface area contributed by atoms with E-state index in [0.717, 1.165) is 31.4 Å². The highest BCUT2D eigenvalue weighted by Gasteiger charge is 2.14. The van der Waals surface area contributed by atoms with Gasteiger partial charge in [0.05, 0.1) is 17.2 Å². The molecule has 0 aliphatic heterocycles. The second kappa shape index (κ2) is 3.88. The summed E-state index contributed by atoms with van der Waals surface area (Å²) >= 11 is 4.85. The fourth-order valence-electron chi connectivity index (χ4n) is 2.16. The summed E-state index contributed by atoms with van der Waals surface area (Å²) < 4.78 is 4.65. The molecule has 0 N–H and O–H groups in total. The molecule has 0 spiro atoms. The maximum absolute atomic E-state index is 4.63. The summed E-state index contributed by atoms with van der Waals surface area (Å²) in [5.41, 5.74) is 2.92. The molecule has 3 heterocycles. The molecule has 0 fully saturated rings. The van der Waals surface area contributed by atoms with Crippen LogP contribution < -0.4 is 0 Å². The van der Waals surface area contributed by atoms with Gasteiger partial charge in [-0.2, -0.15) is 0 Å². The van der Waals surface area contributed by atoms with Crippen LogP contribution in [0.2, 0.25) is 0 Å². The predicted molar refractivity (Wildman–Crippen MR) is 78.3 cm³/mol. The normalized spacial score (nSPS) is 11.7. The van der Waals surface area contributed by atoms with E-state index in [2.05, 4.69) is 41.6 Å². The molecule has 0 atom stereocenters. The minimum atomic E-state index is 0.826. The van der Waals surface area contributed by atoms with Gasteiger partial charge in [0.2, 0.25) is 4.96 Å². The van der Waals surface area contributed by atoms with E-state index >= 15 is 0 Å². The topological polar surface area (TPSA) is 48.0 Å². The number of rotatable bonds is 1. The number of para-hydroxylation sites is 2. The minimum absolute atomic E-state index is 0.826. The van der Waals surface area contributed by atoms with Crippen molar-refractivity contribution in [2.24, 2.45) is 7.05 Å². The zero-order valence-corrected chi connectivity index (χ0v) is 12.3. The third kappa shape index (κ3) is 1.62. The Kier molecular flexibility index (Phi) is 2.27. The van der Waals surface area contributed by atoms with Gasteiger partial charge in [-0.25, -0.2) is 14.5 Å². The summed E-state index contributed by atoms with van der Waals surface area (Å²) in [6.07, 6.45) is 1.90. The smallest absolute Gasteiger partial charge is 0.213 e. The molecule has 1 aromatic carbocycles. The molecular weight excluding hydrogens is 326 g/mol. The largest absolute Gasteiger partial charge is 0.326 e. The second-order valence-electron chi connectivity index (χ2n) is 4.19. The monoisotopic (exact) mass is 333 g/mol. The van der Waals surface area contributed by atoms with Gasteiger partial charge in [-0.3, -0.25) is 0 Å². The van der Waals surface area contributed by atoms with Crippen molar-refractivity contribution in [3.63, 3.8) is 0 Å². The lowest BCUT2D eigenvalue weighted by atomic mass is 10.3. The van der Waals surface area contributed by atoms with E-state index in [1.54, 1.807) is 4.52 Å². The first-order chi connectivity index (χ1) is 9.22. The van der Waals surface area contributed by atoms with Crippen LogP contribution in [0.1, 0.15) is 0 Å². The Morgan fingerprint density at radius 3 is 2.84 bits per heavy atom. The molecule has 7 heteroatoms. The molecular formula is C12H8BrN5S. The van der Waals surface area contributed by atoms with Crippen LogP contribution >= 0.6 is 27.3 Å². The number of fused-ring (bicyclic) bond motifs is 2. The molecule has 3 aromatic heterocycles. The average molecular weight is 334 g/mol. The number of halogens is 1. The SMILES string of the molecule is Cn1c(-c2cn3nc(Br)sc3n2)nc2ccccc21. The Morgan fingerprint density at radius 2 is 2.05 bits per heavy atom. The summed E-state index contributed by atoms with van der Waals surface area (Å²) in [5.74, 6) is 0.857. The molecule has 19 heavy (non-hydrogen) atoms. The molecule has 0 amide bonds. The van der Waals surface area contributed by atoms with Crippen molar-refractivity contribution in [1.29, 1.82) is 0 Å². The van der Waals surface area contributed by atoms with Crippen LogP contribution in [0.15, 0.2) is 34.4 Å². The zero-order valence-electron chi connectivity index (χ0n) is 9.91.